The molecule has 1 atom stereocenters. The van der Waals surface area contributed by atoms with Crippen molar-refractivity contribution in [3.8, 4) is 0 Å². The maximum absolute atomic E-state index is 12.1. The lowest BCUT2D eigenvalue weighted by atomic mass is 10.3. The molecule has 0 fully saturated rings. The lowest BCUT2D eigenvalue weighted by Gasteiger charge is -2.15. The van der Waals surface area contributed by atoms with Gasteiger partial charge in [-0.1, -0.05) is 0 Å². The van der Waals surface area contributed by atoms with Gasteiger partial charge in [0.15, 0.2) is 9.84 Å². The van der Waals surface area contributed by atoms with Gasteiger partial charge >= 0.3 is 0 Å². The minimum atomic E-state index is -3.50. The van der Waals surface area contributed by atoms with E-state index in [4.69, 9.17) is 4.74 Å². The van der Waals surface area contributed by atoms with Crippen molar-refractivity contribution in [1.29, 1.82) is 0 Å². The third kappa shape index (κ3) is 4.27. The van der Waals surface area contributed by atoms with Crippen LogP contribution in [0.2, 0.25) is 0 Å². The lowest BCUT2D eigenvalue weighted by Crippen LogP contribution is -2.36. The van der Waals surface area contributed by atoms with Gasteiger partial charge in [-0.15, -0.1) is 0 Å². The summed E-state index contributed by atoms with van der Waals surface area (Å²) in [5.74, 6) is -0.130. The summed E-state index contributed by atoms with van der Waals surface area (Å²) in [6.07, 6.45) is 0. The van der Waals surface area contributed by atoms with E-state index >= 15 is 0 Å². The van der Waals surface area contributed by atoms with Crippen molar-refractivity contribution in [2.45, 2.75) is 10.9 Å². The predicted octanol–water partition coefficient (Wildman–Crippen LogP) is 0.603. The first-order chi connectivity index (χ1) is 8.90. The van der Waals surface area contributed by atoms with E-state index in [1.54, 1.807) is 7.05 Å². The van der Waals surface area contributed by atoms with E-state index in [1.807, 2.05) is 0 Å². The Hall–Kier alpha value is -1.51. The molecular weight excluding hydrogens is 272 g/mol. The molecule has 1 rings (SSSR count). The number of methoxy groups -OCH3 is 1. The molecule has 0 aliphatic carbocycles. The van der Waals surface area contributed by atoms with Crippen LogP contribution in [0.15, 0.2) is 29.2 Å². The van der Waals surface area contributed by atoms with Gasteiger partial charge in [0.25, 0.3) is 5.69 Å². The standard InChI is InChI=1S/C11H16N2O5S/c1-12-9(7-18-2)8-19(16,17)11-5-3-10(4-6-11)13(14)15/h3-6,9,12H,7-8H2,1-2H3. The van der Waals surface area contributed by atoms with Crippen LogP contribution < -0.4 is 5.32 Å². The molecule has 0 aliphatic rings. The molecule has 1 aromatic rings. The van der Waals surface area contributed by atoms with Gasteiger partial charge in [-0.2, -0.15) is 0 Å². The first-order valence-electron chi connectivity index (χ1n) is 5.54. The first kappa shape index (κ1) is 15.5. The highest BCUT2D eigenvalue weighted by Crippen LogP contribution is 2.17. The van der Waals surface area contributed by atoms with Crippen LogP contribution in [0.1, 0.15) is 0 Å². The molecule has 0 radical (unpaired) electrons. The molecule has 1 aromatic carbocycles. The number of hydrogen-bond acceptors (Lipinski definition) is 6. The highest BCUT2D eigenvalue weighted by molar-refractivity contribution is 7.91. The van der Waals surface area contributed by atoms with Gasteiger partial charge in [0.05, 0.1) is 22.2 Å². The smallest absolute Gasteiger partial charge is 0.269 e. The summed E-state index contributed by atoms with van der Waals surface area (Å²) >= 11 is 0. The van der Waals surface area contributed by atoms with Gasteiger partial charge in [0.2, 0.25) is 0 Å². The van der Waals surface area contributed by atoms with Gasteiger partial charge < -0.3 is 10.1 Å². The number of nitro benzene ring substituents is 1. The van der Waals surface area contributed by atoms with Gasteiger partial charge in [-0.3, -0.25) is 10.1 Å². The molecule has 106 valence electrons. The number of rotatable bonds is 7. The predicted molar refractivity (Wildman–Crippen MR) is 69.9 cm³/mol. The quantitative estimate of drug-likeness (QED) is 0.583. The SMILES string of the molecule is CNC(COC)CS(=O)(=O)c1ccc([N+](=O)[O-])cc1. The third-order valence-electron chi connectivity index (χ3n) is 2.60. The molecule has 0 bridgehead atoms. The van der Waals surface area contributed by atoms with E-state index in [1.165, 1.54) is 31.4 Å². The number of benzene rings is 1. The van der Waals surface area contributed by atoms with Crippen molar-refractivity contribution >= 4 is 15.5 Å². The van der Waals surface area contributed by atoms with E-state index in [-0.39, 0.29) is 29.0 Å². The Morgan fingerprint density at radius 2 is 1.95 bits per heavy atom. The van der Waals surface area contributed by atoms with Gasteiger partial charge in [-0.25, -0.2) is 8.42 Å². The number of hydrogen-bond donors (Lipinski definition) is 1. The van der Waals surface area contributed by atoms with E-state index in [2.05, 4.69) is 5.32 Å². The Balaban J connectivity index is 2.90. The molecule has 19 heavy (non-hydrogen) atoms. The molecular formula is C11H16N2O5S. The van der Waals surface area contributed by atoms with Crippen molar-refractivity contribution in [2.75, 3.05) is 26.5 Å². The second kappa shape index (κ2) is 6.60. The van der Waals surface area contributed by atoms with Crippen molar-refractivity contribution in [2.24, 2.45) is 0 Å². The zero-order valence-corrected chi connectivity index (χ0v) is 11.5. The molecule has 0 amide bonds. The molecule has 0 saturated heterocycles. The maximum Gasteiger partial charge on any atom is 0.269 e. The first-order valence-corrected chi connectivity index (χ1v) is 7.19. The summed E-state index contributed by atoms with van der Waals surface area (Å²) in [5, 5.41) is 13.3. The normalized spacial score (nSPS) is 13.2. The van der Waals surface area contributed by atoms with Crippen LogP contribution in [-0.2, 0) is 14.6 Å². The summed E-state index contributed by atoms with van der Waals surface area (Å²) in [4.78, 5) is 9.99. The van der Waals surface area contributed by atoms with Crippen LogP contribution >= 0.6 is 0 Å². The van der Waals surface area contributed by atoms with Gasteiger partial charge in [-0.05, 0) is 19.2 Å². The minimum absolute atomic E-state index is 0.0643. The number of non-ortho nitro benzene ring substituents is 1. The summed E-state index contributed by atoms with van der Waals surface area (Å²) in [6.45, 7) is 0.267. The molecule has 8 heteroatoms. The Morgan fingerprint density at radius 1 is 1.37 bits per heavy atom. The second-order valence-corrected chi connectivity index (χ2v) is 6.01. The van der Waals surface area contributed by atoms with Crippen LogP contribution in [0, 0.1) is 10.1 Å². The van der Waals surface area contributed by atoms with Crippen molar-refractivity contribution in [3.63, 3.8) is 0 Å². The summed E-state index contributed by atoms with van der Waals surface area (Å²) in [6, 6.07) is 4.51. The van der Waals surface area contributed by atoms with Gasteiger partial charge in [0.1, 0.15) is 0 Å². The Kier molecular flexibility index (Phi) is 5.40. The molecule has 0 spiro atoms. The monoisotopic (exact) mass is 288 g/mol. The van der Waals surface area contributed by atoms with Crippen LogP contribution in [-0.4, -0.2) is 45.9 Å². The number of nitrogens with zero attached hydrogens (tertiary/aromatic N) is 1. The van der Waals surface area contributed by atoms with Crippen LogP contribution in [0.25, 0.3) is 0 Å². The van der Waals surface area contributed by atoms with Gasteiger partial charge in [0, 0.05) is 25.3 Å². The van der Waals surface area contributed by atoms with Crippen molar-refractivity contribution < 1.29 is 18.1 Å². The fraction of sp³-hybridized carbons (Fsp3) is 0.455. The second-order valence-electron chi connectivity index (χ2n) is 3.97. The number of nitro groups is 1. The van der Waals surface area contributed by atoms with Crippen LogP contribution in [0.5, 0.6) is 0 Å². The lowest BCUT2D eigenvalue weighted by molar-refractivity contribution is -0.384. The number of likely N-dealkylation sites (N-methyl/N-ethyl adjacent to an activating group) is 1. The van der Waals surface area contributed by atoms with E-state index in [0.717, 1.165) is 0 Å². The molecule has 0 aliphatic heterocycles. The highest BCUT2D eigenvalue weighted by atomic mass is 32.2. The summed E-state index contributed by atoms with van der Waals surface area (Å²) in [5.41, 5.74) is -0.138. The maximum atomic E-state index is 12.1. The zero-order valence-electron chi connectivity index (χ0n) is 10.7. The minimum Gasteiger partial charge on any atom is -0.383 e. The number of ether oxygens (including phenoxy) is 1. The van der Waals surface area contributed by atoms with Crippen molar-refractivity contribution in [3.05, 3.63) is 34.4 Å². The molecule has 1 unspecified atom stereocenters. The fourth-order valence-corrected chi connectivity index (χ4v) is 3.09. The molecule has 0 aromatic heterocycles. The molecule has 0 heterocycles. The number of nitrogens with one attached hydrogen (secondary N) is 1. The largest absolute Gasteiger partial charge is 0.383 e. The molecule has 7 nitrogen and oxygen atoms in total. The third-order valence-corrected chi connectivity index (χ3v) is 4.43. The van der Waals surface area contributed by atoms with Crippen LogP contribution in [0.4, 0.5) is 5.69 Å². The average molecular weight is 288 g/mol. The Labute approximate surface area is 111 Å². The highest BCUT2D eigenvalue weighted by Gasteiger charge is 2.21. The number of sulfone groups is 1. The fourth-order valence-electron chi connectivity index (χ4n) is 1.55. The summed E-state index contributed by atoms with van der Waals surface area (Å²) in [7, 11) is -0.365. The zero-order chi connectivity index (χ0) is 14.5. The summed E-state index contributed by atoms with van der Waals surface area (Å²) < 4.78 is 29.1. The Morgan fingerprint density at radius 3 is 2.37 bits per heavy atom. The van der Waals surface area contributed by atoms with Crippen LogP contribution in [0.3, 0.4) is 0 Å². The molecule has 0 saturated carbocycles. The topological polar surface area (TPSA) is 98.5 Å². The van der Waals surface area contributed by atoms with E-state index in [0.29, 0.717) is 0 Å². The van der Waals surface area contributed by atoms with E-state index in [9.17, 15) is 18.5 Å². The molecule has 1 N–H and O–H groups in total. The van der Waals surface area contributed by atoms with E-state index < -0.39 is 14.8 Å². The average Bonchev–Trinajstić information content (AvgIpc) is 2.38. The Bertz CT molecular complexity index is 527. The van der Waals surface area contributed by atoms with Crippen molar-refractivity contribution in [1.82, 2.24) is 5.32 Å².